The fourth-order valence-corrected chi connectivity index (χ4v) is 1.32. The second kappa shape index (κ2) is 13.7. The minimum absolute atomic E-state index is 0.00764. The van der Waals surface area contributed by atoms with Crippen LogP contribution in [0.15, 0.2) is 0 Å². The Labute approximate surface area is 125 Å². The van der Waals surface area contributed by atoms with E-state index in [1.165, 1.54) is 7.05 Å². The van der Waals surface area contributed by atoms with Gasteiger partial charge in [0, 0.05) is 39.5 Å². The minimum Gasteiger partial charge on any atom is -0.379 e. The van der Waals surface area contributed by atoms with Crippen LogP contribution in [0.25, 0.3) is 0 Å². The van der Waals surface area contributed by atoms with Gasteiger partial charge >= 0.3 is 0 Å². The molecule has 124 valence electrons. The van der Waals surface area contributed by atoms with Gasteiger partial charge in [-0.15, -0.1) is 0 Å². The van der Waals surface area contributed by atoms with E-state index < -0.39 is 0 Å². The first-order valence-corrected chi connectivity index (χ1v) is 7.15. The third-order valence-corrected chi connectivity index (χ3v) is 2.49. The number of hydrogen-bond acceptors (Lipinski definition) is 6. The molecule has 0 bridgehead atoms. The van der Waals surface area contributed by atoms with Crippen LogP contribution < -0.4 is 10.6 Å². The van der Waals surface area contributed by atoms with Crippen molar-refractivity contribution in [3.05, 3.63) is 0 Å². The monoisotopic (exact) mass is 305 g/mol. The average Bonchev–Trinajstić information content (AvgIpc) is 2.44. The zero-order chi connectivity index (χ0) is 15.9. The van der Waals surface area contributed by atoms with Gasteiger partial charge in [0.25, 0.3) is 0 Å². The van der Waals surface area contributed by atoms with Gasteiger partial charge in [0.15, 0.2) is 0 Å². The van der Waals surface area contributed by atoms with Gasteiger partial charge in [0.1, 0.15) is 0 Å². The Hall–Kier alpha value is -1.22. The molecule has 0 aliphatic rings. The molecule has 3 N–H and O–H groups in total. The van der Waals surface area contributed by atoms with Gasteiger partial charge in [-0.05, 0) is 0 Å². The topological polar surface area (TPSA) is 100 Å². The average molecular weight is 305 g/mol. The Bertz CT molecular complexity index is 287. The second-order valence-corrected chi connectivity index (χ2v) is 4.41. The lowest BCUT2D eigenvalue weighted by atomic mass is 10.4. The van der Waals surface area contributed by atoms with Crippen molar-refractivity contribution in [2.45, 2.75) is 19.8 Å². The standard InChI is InChI=1S/C13H27N3O5/c1-3-12(17)15-6-9-21-11-10-20-8-4-13(18)14-5-7-16(2)19/h19H,3-11H2,1-2H3,(H,14,18)(H,15,17). The van der Waals surface area contributed by atoms with E-state index in [9.17, 15) is 9.59 Å². The maximum Gasteiger partial charge on any atom is 0.222 e. The quantitative estimate of drug-likeness (QED) is 0.309. The van der Waals surface area contributed by atoms with E-state index in [1.54, 1.807) is 6.92 Å². The molecule has 0 radical (unpaired) electrons. The van der Waals surface area contributed by atoms with Crippen LogP contribution in [0, 0.1) is 0 Å². The van der Waals surface area contributed by atoms with Crippen LogP contribution in [0.2, 0.25) is 0 Å². The van der Waals surface area contributed by atoms with E-state index in [0.29, 0.717) is 52.5 Å². The van der Waals surface area contributed by atoms with E-state index in [1.807, 2.05) is 0 Å². The molecule has 0 heterocycles. The van der Waals surface area contributed by atoms with Crippen LogP contribution in [0.3, 0.4) is 0 Å². The smallest absolute Gasteiger partial charge is 0.222 e. The van der Waals surface area contributed by atoms with Crippen molar-refractivity contribution < 1.29 is 24.3 Å². The van der Waals surface area contributed by atoms with Gasteiger partial charge in [-0.2, -0.15) is 5.06 Å². The Kier molecular flexibility index (Phi) is 13.0. The van der Waals surface area contributed by atoms with Crippen LogP contribution >= 0.6 is 0 Å². The fourth-order valence-electron chi connectivity index (χ4n) is 1.32. The third kappa shape index (κ3) is 15.0. The predicted molar refractivity (Wildman–Crippen MR) is 77.0 cm³/mol. The summed E-state index contributed by atoms with van der Waals surface area (Å²) in [7, 11) is 1.52. The lowest BCUT2D eigenvalue weighted by Crippen LogP contribution is -2.32. The zero-order valence-corrected chi connectivity index (χ0v) is 12.9. The summed E-state index contributed by atoms with van der Waals surface area (Å²) in [5, 5.41) is 15.2. The maximum atomic E-state index is 11.3. The Morgan fingerprint density at radius 3 is 2.24 bits per heavy atom. The van der Waals surface area contributed by atoms with Gasteiger partial charge in [0.2, 0.25) is 11.8 Å². The highest BCUT2D eigenvalue weighted by Gasteiger charge is 2.01. The summed E-state index contributed by atoms with van der Waals surface area (Å²) in [6.07, 6.45) is 0.751. The molecule has 0 aromatic carbocycles. The first kappa shape index (κ1) is 19.8. The molecule has 0 fully saturated rings. The number of likely N-dealkylation sites (N-methyl/N-ethyl adjacent to an activating group) is 1. The molecule has 8 nitrogen and oxygen atoms in total. The lowest BCUT2D eigenvalue weighted by molar-refractivity contribution is -0.123. The number of hydrogen-bond donors (Lipinski definition) is 3. The van der Waals surface area contributed by atoms with Crippen molar-refractivity contribution in [1.29, 1.82) is 0 Å². The molecule has 0 unspecified atom stereocenters. The Balaban J connectivity index is 3.21. The third-order valence-electron chi connectivity index (χ3n) is 2.49. The summed E-state index contributed by atoms with van der Waals surface area (Å²) in [5.74, 6) is -0.103. The number of nitrogens with one attached hydrogen (secondary N) is 2. The molecule has 0 aliphatic carbocycles. The molecule has 0 aromatic rings. The van der Waals surface area contributed by atoms with Crippen LogP contribution in [-0.2, 0) is 19.1 Å². The summed E-state index contributed by atoms with van der Waals surface area (Å²) < 4.78 is 10.5. The van der Waals surface area contributed by atoms with E-state index in [-0.39, 0.29) is 18.2 Å². The number of carbonyl (C=O) groups excluding carboxylic acids is 2. The summed E-state index contributed by atoms with van der Waals surface area (Å²) in [6, 6.07) is 0. The largest absolute Gasteiger partial charge is 0.379 e. The first-order valence-electron chi connectivity index (χ1n) is 7.15. The Morgan fingerprint density at radius 1 is 1.00 bits per heavy atom. The second-order valence-electron chi connectivity index (χ2n) is 4.41. The first-order chi connectivity index (χ1) is 10.1. The molecule has 0 rings (SSSR count). The van der Waals surface area contributed by atoms with E-state index in [0.717, 1.165) is 5.06 Å². The van der Waals surface area contributed by atoms with E-state index in [2.05, 4.69) is 10.6 Å². The molecule has 0 atom stereocenters. The summed E-state index contributed by atoms with van der Waals surface area (Å²) >= 11 is 0. The molecule has 0 aromatic heterocycles. The van der Waals surface area contributed by atoms with Crippen molar-refractivity contribution in [3.8, 4) is 0 Å². The molecule has 0 saturated heterocycles. The molecule has 2 amide bonds. The summed E-state index contributed by atoms with van der Waals surface area (Å²) in [6.45, 7) is 4.69. The number of hydroxylamine groups is 2. The van der Waals surface area contributed by atoms with Crippen LogP contribution in [0.5, 0.6) is 0 Å². The SMILES string of the molecule is CCC(=O)NCCOCCOCCC(=O)NCCN(C)O. The molecular formula is C13H27N3O5. The van der Waals surface area contributed by atoms with E-state index >= 15 is 0 Å². The van der Waals surface area contributed by atoms with Crippen molar-refractivity contribution in [1.82, 2.24) is 15.7 Å². The highest BCUT2D eigenvalue weighted by atomic mass is 16.5. The van der Waals surface area contributed by atoms with Crippen molar-refractivity contribution in [3.63, 3.8) is 0 Å². The van der Waals surface area contributed by atoms with Gasteiger partial charge in [-0.3, -0.25) is 9.59 Å². The fraction of sp³-hybridized carbons (Fsp3) is 0.846. The van der Waals surface area contributed by atoms with Crippen LogP contribution in [-0.4, -0.2) is 75.2 Å². The van der Waals surface area contributed by atoms with Gasteiger partial charge in [0.05, 0.1) is 26.4 Å². The highest BCUT2D eigenvalue weighted by Crippen LogP contribution is 1.85. The number of carbonyl (C=O) groups is 2. The molecule has 8 heteroatoms. The maximum absolute atomic E-state index is 11.3. The van der Waals surface area contributed by atoms with E-state index in [4.69, 9.17) is 14.7 Å². The zero-order valence-electron chi connectivity index (χ0n) is 12.9. The minimum atomic E-state index is -0.111. The van der Waals surface area contributed by atoms with Gasteiger partial charge in [-0.25, -0.2) is 0 Å². The van der Waals surface area contributed by atoms with Crippen molar-refractivity contribution in [2.75, 3.05) is 53.1 Å². The predicted octanol–water partition coefficient (Wildman–Crippen LogP) is -0.627. The molecular weight excluding hydrogens is 278 g/mol. The van der Waals surface area contributed by atoms with Gasteiger partial charge < -0.3 is 25.3 Å². The molecule has 0 spiro atoms. The number of nitrogens with zero attached hydrogens (tertiary/aromatic N) is 1. The molecule has 21 heavy (non-hydrogen) atoms. The van der Waals surface area contributed by atoms with Crippen LogP contribution in [0.4, 0.5) is 0 Å². The number of amides is 2. The van der Waals surface area contributed by atoms with Crippen molar-refractivity contribution >= 4 is 11.8 Å². The summed E-state index contributed by atoms with van der Waals surface area (Å²) in [5.41, 5.74) is 0. The summed E-state index contributed by atoms with van der Waals surface area (Å²) in [4.78, 5) is 22.2. The van der Waals surface area contributed by atoms with Gasteiger partial charge in [-0.1, -0.05) is 6.92 Å². The molecule has 0 aliphatic heterocycles. The molecule has 0 saturated carbocycles. The Morgan fingerprint density at radius 2 is 1.62 bits per heavy atom. The number of rotatable bonds is 13. The van der Waals surface area contributed by atoms with Crippen LogP contribution in [0.1, 0.15) is 19.8 Å². The number of ether oxygens (including phenoxy) is 2. The van der Waals surface area contributed by atoms with Crippen molar-refractivity contribution in [2.24, 2.45) is 0 Å². The highest BCUT2D eigenvalue weighted by molar-refractivity contribution is 5.76. The normalized spacial score (nSPS) is 10.7. The lowest BCUT2D eigenvalue weighted by Gasteiger charge is -2.09.